The molecule has 4 nitrogen and oxygen atoms in total. The van der Waals surface area contributed by atoms with E-state index in [-0.39, 0.29) is 5.54 Å². The second-order valence-corrected chi connectivity index (χ2v) is 6.40. The van der Waals surface area contributed by atoms with Crippen LogP contribution < -0.4 is 5.73 Å². The van der Waals surface area contributed by atoms with Gasteiger partial charge in [-0.1, -0.05) is 23.7 Å². The van der Waals surface area contributed by atoms with Crippen LogP contribution in [-0.4, -0.2) is 33.1 Å². The average molecular weight is 305 g/mol. The number of fused-ring (bicyclic) bond motifs is 1. The summed E-state index contributed by atoms with van der Waals surface area (Å²) in [4.78, 5) is 6.88. The maximum absolute atomic E-state index is 6.12. The summed E-state index contributed by atoms with van der Waals surface area (Å²) < 4.78 is 2.22. The quantitative estimate of drug-likeness (QED) is 0.943. The van der Waals surface area contributed by atoms with Crippen LogP contribution in [0.25, 0.3) is 0 Å². The van der Waals surface area contributed by atoms with Gasteiger partial charge in [-0.05, 0) is 31.0 Å². The van der Waals surface area contributed by atoms with Gasteiger partial charge < -0.3 is 10.3 Å². The number of hydrogen-bond donors (Lipinski definition) is 1. The molecule has 0 aliphatic carbocycles. The van der Waals surface area contributed by atoms with E-state index in [4.69, 9.17) is 17.3 Å². The number of halogens is 1. The summed E-state index contributed by atoms with van der Waals surface area (Å²) in [6.07, 6.45) is 4.84. The Morgan fingerprint density at radius 3 is 2.76 bits per heavy atom. The largest absolute Gasteiger partial charge is 0.333 e. The fraction of sp³-hybridized carbons (Fsp3) is 0.438. The average Bonchev–Trinajstić information content (AvgIpc) is 2.97. The van der Waals surface area contributed by atoms with Gasteiger partial charge in [-0.3, -0.25) is 4.90 Å². The molecule has 1 aromatic carbocycles. The van der Waals surface area contributed by atoms with Crippen molar-refractivity contribution >= 4 is 11.6 Å². The van der Waals surface area contributed by atoms with Crippen molar-refractivity contribution < 1.29 is 0 Å². The third-order valence-corrected chi connectivity index (χ3v) is 4.70. The Balaban J connectivity index is 1.78. The molecular weight excluding hydrogens is 284 g/mol. The molecule has 1 atom stereocenters. The molecule has 1 aliphatic rings. The molecule has 0 saturated heterocycles. The van der Waals surface area contributed by atoms with Crippen molar-refractivity contribution in [3.63, 3.8) is 0 Å². The van der Waals surface area contributed by atoms with E-state index in [0.717, 1.165) is 36.9 Å². The van der Waals surface area contributed by atoms with Gasteiger partial charge in [0.05, 0.1) is 6.54 Å². The van der Waals surface area contributed by atoms with Crippen LogP contribution in [0.5, 0.6) is 0 Å². The van der Waals surface area contributed by atoms with Crippen molar-refractivity contribution in [1.29, 1.82) is 0 Å². The highest BCUT2D eigenvalue weighted by atomic mass is 35.5. The molecule has 1 unspecified atom stereocenters. The first-order chi connectivity index (χ1) is 10.1. The van der Waals surface area contributed by atoms with Crippen molar-refractivity contribution in [3.8, 4) is 0 Å². The lowest BCUT2D eigenvalue weighted by Gasteiger charge is -2.43. The Morgan fingerprint density at radius 2 is 2.05 bits per heavy atom. The van der Waals surface area contributed by atoms with Crippen molar-refractivity contribution in [2.45, 2.75) is 32.0 Å². The lowest BCUT2D eigenvalue weighted by atomic mass is 9.90. The SMILES string of the molecule is CC(CN)(Cc1ccc(Cl)cc1)N1CCn2ccnc2C1. The molecule has 1 aliphatic heterocycles. The van der Waals surface area contributed by atoms with Crippen molar-refractivity contribution in [3.05, 3.63) is 53.1 Å². The summed E-state index contributed by atoms with van der Waals surface area (Å²) in [5.41, 5.74) is 7.32. The molecule has 0 bridgehead atoms. The number of aromatic nitrogens is 2. The van der Waals surface area contributed by atoms with E-state index in [1.807, 2.05) is 24.5 Å². The summed E-state index contributed by atoms with van der Waals surface area (Å²) in [7, 11) is 0. The first-order valence-corrected chi connectivity index (χ1v) is 7.68. The Bertz CT molecular complexity index is 607. The Labute approximate surface area is 130 Å². The molecule has 2 aromatic rings. The minimum Gasteiger partial charge on any atom is -0.333 e. The van der Waals surface area contributed by atoms with Gasteiger partial charge in [0.15, 0.2) is 0 Å². The van der Waals surface area contributed by atoms with E-state index >= 15 is 0 Å². The summed E-state index contributed by atoms with van der Waals surface area (Å²) in [5.74, 6) is 1.12. The Hall–Kier alpha value is -1.36. The zero-order valence-electron chi connectivity index (χ0n) is 12.3. The smallest absolute Gasteiger partial charge is 0.122 e. The van der Waals surface area contributed by atoms with Crippen LogP contribution in [0.4, 0.5) is 0 Å². The molecule has 0 fully saturated rings. The maximum Gasteiger partial charge on any atom is 0.122 e. The van der Waals surface area contributed by atoms with Gasteiger partial charge in [0.25, 0.3) is 0 Å². The van der Waals surface area contributed by atoms with Crippen LogP contribution in [0.15, 0.2) is 36.7 Å². The molecule has 5 heteroatoms. The number of nitrogens with two attached hydrogens (primary N) is 1. The first kappa shape index (κ1) is 14.6. The van der Waals surface area contributed by atoms with Crippen LogP contribution in [0.3, 0.4) is 0 Å². The molecular formula is C16H21ClN4. The second kappa shape index (κ2) is 5.79. The third-order valence-electron chi connectivity index (χ3n) is 4.45. The van der Waals surface area contributed by atoms with Crippen LogP contribution in [0.2, 0.25) is 5.02 Å². The van der Waals surface area contributed by atoms with E-state index in [2.05, 4.69) is 33.5 Å². The van der Waals surface area contributed by atoms with Gasteiger partial charge in [-0.2, -0.15) is 0 Å². The molecule has 2 N–H and O–H groups in total. The van der Waals surface area contributed by atoms with Gasteiger partial charge in [0.1, 0.15) is 5.82 Å². The van der Waals surface area contributed by atoms with E-state index in [1.54, 1.807) is 0 Å². The van der Waals surface area contributed by atoms with Gasteiger partial charge >= 0.3 is 0 Å². The fourth-order valence-electron chi connectivity index (χ4n) is 2.99. The molecule has 21 heavy (non-hydrogen) atoms. The monoisotopic (exact) mass is 304 g/mol. The van der Waals surface area contributed by atoms with Gasteiger partial charge in [0.2, 0.25) is 0 Å². The second-order valence-electron chi connectivity index (χ2n) is 5.96. The highest BCUT2D eigenvalue weighted by Crippen LogP contribution is 2.25. The molecule has 0 radical (unpaired) electrons. The highest BCUT2D eigenvalue weighted by Gasteiger charge is 2.33. The Kier molecular flexibility index (Phi) is 4.02. The van der Waals surface area contributed by atoms with Gasteiger partial charge in [-0.25, -0.2) is 4.98 Å². The zero-order valence-corrected chi connectivity index (χ0v) is 13.1. The molecule has 2 heterocycles. The first-order valence-electron chi connectivity index (χ1n) is 7.30. The van der Waals surface area contributed by atoms with Crippen LogP contribution in [0.1, 0.15) is 18.3 Å². The summed E-state index contributed by atoms with van der Waals surface area (Å²) in [6, 6.07) is 8.05. The van der Waals surface area contributed by atoms with Gasteiger partial charge in [0, 0.05) is 42.6 Å². The zero-order chi connectivity index (χ0) is 14.9. The number of benzene rings is 1. The number of hydrogen-bond acceptors (Lipinski definition) is 3. The highest BCUT2D eigenvalue weighted by molar-refractivity contribution is 6.30. The molecule has 3 rings (SSSR count). The van der Waals surface area contributed by atoms with E-state index in [1.165, 1.54) is 5.56 Å². The third kappa shape index (κ3) is 2.98. The lowest BCUT2D eigenvalue weighted by molar-refractivity contribution is 0.0773. The summed E-state index contributed by atoms with van der Waals surface area (Å²) >= 11 is 5.96. The van der Waals surface area contributed by atoms with Crippen molar-refractivity contribution in [2.75, 3.05) is 13.1 Å². The van der Waals surface area contributed by atoms with Crippen LogP contribution >= 0.6 is 11.6 Å². The van der Waals surface area contributed by atoms with E-state index < -0.39 is 0 Å². The lowest BCUT2D eigenvalue weighted by Crippen LogP contribution is -2.55. The topological polar surface area (TPSA) is 47.1 Å². The summed E-state index contributed by atoms with van der Waals surface area (Å²) in [5, 5.41) is 0.771. The maximum atomic E-state index is 6.12. The van der Waals surface area contributed by atoms with Crippen molar-refractivity contribution in [2.24, 2.45) is 5.73 Å². The molecule has 112 valence electrons. The summed E-state index contributed by atoms with van der Waals surface area (Å²) in [6.45, 7) is 5.70. The van der Waals surface area contributed by atoms with E-state index in [9.17, 15) is 0 Å². The standard InChI is InChI=1S/C16H21ClN4/c1-16(12-18,10-13-2-4-14(17)5-3-13)21-9-8-20-7-6-19-15(20)11-21/h2-7H,8-12,18H2,1H3. The number of imidazole rings is 1. The van der Waals surface area contributed by atoms with E-state index in [0.29, 0.717) is 6.54 Å². The molecule has 1 aromatic heterocycles. The number of rotatable bonds is 4. The Morgan fingerprint density at radius 1 is 1.29 bits per heavy atom. The van der Waals surface area contributed by atoms with Crippen molar-refractivity contribution in [1.82, 2.24) is 14.5 Å². The van der Waals surface area contributed by atoms with Crippen LogP contribution in [-0.2, 0) is 19.5 Å². The van der Waals surface area contributed by atoms with Crippen LogP contribution in [0, 0.1) is 0 Å². The number of nitrogens with zero attached hydrogens (tertiary/aromatic N) is 3. The van der Waals surface area contributed by atoms with Gasteiger partial charge in [-0.15, -0.1) is 0 Å². The minimum atomic E-state index is -0.0645. The molecule has 0 spiro atoms. The predicted molar refractivity (Wildman–Crippen MR) is 85.3 cm³/mol. The normalized spacial score (nSPS) is 18.2. The minimum absolute atomic E-state index is 0.0645. The predicted octanol–water partition coefficient (Wildman–Crippen LogP) is 2.31. The molecule has 0 amide bonds. The molecule has 0 saturated carbocycles. The fourth-order valence-corrected chi connectivity index (χ4v) is 3.12.